The van der Waals surface area contributed by atoms with Crippen molar-refractivity contribution in [3.05, 3.63) is 70.3 Å². The van der Waals surface area contributed by atoms with Gasteiger partial charge in [0.05, 0.1) is 11.4 Å². The van der Waals surface area contributed by atoms with E-state index in [2.05, 4.69) is 5.32 Å². The number of hydrogen-bond acceptors (Lipinski definition) is 4. The van der Waals surface area contributed by atoms with E-state index in [1.807, 2.05) is 62.4 Å². The lowest BCUT2D eigenvalue weighted by Crippen LogP contribution is -2.27. The minimum atomic E-state index is -0.520. The SMILES string of the molecule is Cc1cccc(NC(=O)C(C#N)=C2SCC(=O)N2c2ccccc2C)c1. The molecule has 1 aliphatic heterocycles. The number of carbonyl (C=O) groups is 2. The summed E-state index contributed by atoms with van der Waals surface area (Å²) in [7, 11) is 0. The molecule has 0 aliphatic carbocycles. The Morgan fingerprint density at radius 3 is 2.65 bits per heavy atom. The van der Waals surface area contributed by atoms with Gasteiger partial charge in [-0.15, -0.1) is 0 Å². The van der Waals surface area contributed by atoms with Crippen LogP contribution in [-0.2, 0) is 9.59 Å². The van der Waals surface area contributed by atoms with E-state index in [0.717, 1.165) is 11.1 Å². The monoisotopic (exact) mass is 363 g/mol. The second kappa shape index (κ2) is 7.46. The zero-order valence-electron chi connectivity index (χ0n) is 14.4. The van der Waals surface area contributed by atoms with Gasteiger partial charge in [-0.2, -0.15) is 5.26 Å². The van der Waals surface area contributed by atoms with E-state index in [4.69, 9.17) is 0 Å². The first kappa shape index (κ1) is 17.8. The van der Waals surface area contributed by atoms with Crippen LogP contribution in [0.4, 0.5) is 11.4 Å². The third-order valence-electron chi connectivity index (χ3n) is 3.97. The number of nitrogens with one attached hydrogen (secondary N) is 1. The summed E-state index contributed by atoms with van der Waals surface area (Å²) in [4.78, 5) is 26.5. The van der Waals surface area contributed by atoms with Crippen molar-refractivity contribution < 1.29 is 9.59 Å². The van der Waals surface area contributed by atoms with E-state index in [-0.39, 0.29) is 17.2 Å². The van der Waals surface area contributed by atoms with Crippen LogP contribution in [0.3, 0.4) is 0 Å². The number of nitriles is 1. The molecule has 130 valence electrons. The smallest absolute Gasteiger partial charge is 0.269 e. The maximum atomic E-state index is 12.7. The first-order valence-electron chi connectivity index (χ1n) is 8.05. The molecular formula is C20H17N3O2S. The van der Waals surface area contributed by atoms with Crippen LogP contribution >= 0.6 is 11.8 Å². The lowest BCUT2D eigenvalue weighted by molar-refractivity contribution is -0.115. The Morgan fingerprint density at radius 1 is 1.19 bits per heavy atom. The van der Waals surface area contributed by atoms with Crippen molar-refractivity contribution in [2.75, 3.05) is 16.0 Å². The van der Waals surface area contributed by atoms with Crippen LogP contribution < -0.4 is 10.2 Å². The molecule has 2 amide bonds. The second-order valence-corrected chi connectivity index (χ2v) is 6.88. The van der Waals surface area contributed by atoms with E-state index in [0.29, 0.717) is 16.4 Å². The first-order valence-corrected chi connectivity index (χ1v) is 9.03. The Balaban J connectivity index is 1.99. The van der Waals surface area contributed by atoms with E-state index < -0.39 is 5.91 Å². The first-order chi connectivity index (χ1) is 12.5. The molecule has 1 N–H and O–H groups in total. The Bertz CT molecular complexity index is 960. The number of carbonyl (C=O) groups excluding carboxylic acids is 2. The fourth-order valence-corrected chi connectivity index (χ4v) is 3.73. The molecule has 0 saturated carbocycles. The average Bonchev–Trinajstić information content (AvgIpc) is 2.97. The van der Waals surface area contributed by atoms with Gasteiger partial charge >= 0.3 is 0 Å². The Labute approximate surface area is 156 Å². The highest BCUT2D eigenvalue weighted by Crippen LogP contribution is 2.37. The molecule has 0 radical (unpaired) electrons. The number of nitrogens with zero attached hydrogens (tertiary/aromatic N) is 2. The number of benzene rings is 2. The molecule has 1 heterocycles. The van der Waals surface area contributed by atoms with Gasteiger partial charge in [-0.05, 0) is 43.2 Å². The van der Waals surface area contributed by atoms with Gasteiger partial charge in [-0.25, -0.2) is 0 Å². The van der Waals surface area contributed by atoms with E-state index in [9.17, 15) is 14.9 Å². The predicted octanol–water partition coefficient (Wildman–Crippen LogP) is 3.76. The second-order valence-electron chi connectivity index (χ2n) is 5.92. The topological polar surface area (TPSA) is 73.2 Å². The van der Waals surface area contributed by atoms with Crippen LogP contribution in [-0.4, -0.2) is 17.6 Å². The Morgan fingerprint density at radius 2 is 1.96 bits per heavy atom. The summed E-state index contributed by atoms with van der Waals surface area (Å²) in [5.41, 5.74) is 3.14. The van der Waals surface area contributed by atoms with Crippen LogP contribution in [0.5, 0.6) is 0 Å². The van der Waals surface area contributed by atoms with E-state index in [1.165, 1.54) is 16.7 Å². The molecule has 1 fully saturated rings. The molecule has 0 aromatic heterocycles. The van der Waals surface area contributed by atoms with E-state index >= 15 is 0 Å². The summed E-state index contributed by atoms with van der Waals surface area (Å²) in [5.74, 6) is -0.462. The standard InChI is InChI=1S/C20H17N3O2S/c1-13-6-5-8-15(10-13)22-19(25)16(11-21)20-23(18(24)12-26-20)17-9-4-3-7-14(17)2/h3-10H,12H2,1-2H3,(H,22,25). The molecule has 6 heteroatoms. The zero-order valence-corrected chi connectivity index (χ0v) is 15.3. The number of rotatable bonds is 3. The van der Waals surface area contributed by atoms with Gasteiger partial charge in [0.2, 0.25) is 5.91 Å². The Kier molecular flexibility index (Phi) is 5.10. The van der Waals surface area contributed by atoms with E-state index in [1.54, 1.807) is 6.07 Å². The number of aryl methyl sites for hydroxylation is 2. The van der Waals surface area contributed by atoms with Gasteiger partial charge in [0.25, 0.3) is 5.91 Å². The number of anilines is 2. The van der Waals surface area contributed by atoms with Crippen molar-refractivity contribution in [2.45, 2.75) is 13.8 Å². The number of thioether (sulfide) groups is 1. The fraction of sp³-hybridized carbons (Fsp3) is 0.150. The minimum Gasteiger partial charge on any atom is -0.321 e. The summed E-state index contributed by atoms with van der Waals surface area (Å²) in [6.45, 7) is 3.81. The van der Waals surface area contributed by atoms with Crippen LogP contribution in [0.1, 0.15) is 11.1 Å². The van der Waals surface area contributed by atoms with Crippen LogP contribution in [0.15, 0.2) is 59.1 Å². The summed E-state index contributed by atoms with van der Waals surface area (Å²) in [6, 6.07) is 16.7. The summed E-state index contributed by atoms with van der Waals surface area (Å²) in [5, 5.41) is 12.7. The van der Waals surface area contributed by atoms with Crippen molar-refractivity contribution >= 4 is 35.0 Å². The van der Waals surface area contributed by atoms with Crippen molar-refractivity contribution in [3.8, 4) is 6.07 Å². The number of para-hydroxylation sites is 1. The normalized spacial score (nSPS) is 15.6. The minimum absolute atomic E-state index is 0.0643. The quantitative estimate of drug-likeness (QED) is 0.666. The van der Waals surface area contributed by atoms with Crippen LogP contribution in [0, 0.1) is 25.2 Å². The largest absolute Gasteiger partial charge is 0.321 e. The zero-order chi connectivity index (χ0) is 18.7. The van der Waals surface area contributed by atoms with Crippen molar-refractivity contribution in [1.82, 2.24) is 0 Å². The molecule has 0 atom stereocenters. The van der Waals surface area contributed by atoms with Gasteiger partial charge in [-0.1, -0.05) is 42.1 Å². The third-order valence-corrected chi connectivity index (χ3v) is 5.02. The van der Waals surface area contributed by atoms with Crippen LogP contribution in [0.25, 0.3) is 0 Å². The third kappa shape index (κ3) is 3.48. The van der Waals surface area contributed by atoms with Gasteiger partial charge in [0.15, 0.2) is 0 Å². The molecule has 0 unspecified atom stereocenters. The average molecular weight is 363 g/mol. The van der Waals surface area contributed by atoms with Crippen molar-refractivity contribution in [2.24, 2.45) is 0 Å². The molecule has 2 aromatic rings. The molecule has 0 spiro atoms. The van der Waals surface area contributed by atoms with Crippen molar-refractivity contribution in [3.63, 3.8) is 0 Å². The molecule has 1 saturated heterocycles. The lowest BCUT2D eigenvalue weighted by Gasteiger charge is -2.20. The molecule has 5 nitrogen and oxygen atoms in total. The number of amides is 2. The van der Waals surface area contributed by atoms with Gasteiger partial charge in [0, 0.05) is 5.69 Å². The Hall–Kier alpha value is -3.04. The highest BCUT2D eigenvalue weighted by atomic mass is 32.2. The maximum absolute atomic E-state index is 12.7. The molecule has 3 rings (SSSR count). The van der Waals surface area contributed by atoms with Crippen LogP contribution in [0.2, 0.25) is 0 Å². The van der Waals surface area contributed by atoms with Gasteiger partial charge in [-0.3, -0.25) is 14.5 Å². The summed E-state index contributed by atoms with van der Waals surface area (Å²) in [6.07, 6.45) is 0. The summed E-state index contributed by atoms with van der Waals surface area (Å²) < 4.78 is 0. The molecular weight excluding hydrogens is 346 g/mol. The number of hydrogen-bond donors (Lipinski definition) is 1. The van der Waals surface area contributed by atoms with Crippen molar-refractivity contribution in [1.29, 1.82) is 5.26 Å². The molecule has 26 heavy (non-hydrogen) atoms. The maximum Gasteiger partial charge on any atom is 0.269 e. The predicted molar refractivity (Wildman–Crippen MR) is 104 cm³/mol. The molecule has 2 aromatic carbocycles. The highest BCUT2D eigenvalue weighted by Gasteiger charge is 2.33. The van der Waals surface area contributed by atoms with Gasteiger partial charge < -0.3 is 5.32 Å². The molecule has 1 aliphatic rings. The lowest BCUT2D eigenvalue weighted by atomic mass is 10.1. The molecule has 0 bridgehead atoms. The fourth-order valence-electron chi connectivity index (χ4n) is 2.73. The highest BCUT2D eigenvalue weighted by molar-refractivity contribution is 8.04. The summed E-state index contributed by atoms with van der Waals surface area (Å²) >= 11 is 1.21. The van der Waals surface area contributed by atoms with Gasteiger partial charge in [0.1, 0.15) is 16.7 Å².